The van der Waals surface area contributed by atoms with Crippen molar-refractivity contribution in [3.8, 4) is 0 Å². The molecule has 1 atom stereocenters. The van der Waals surface area contributed by atoms with E-state index in [4.69, 9.17) is 5.11 Å². The number of urea groups is 1. The molecule has 0 heterocycles. The first-order valence-electron chi connectivity index (χ1n) is 6.63. The van der Waals surface area contributed by atoms with Crippen molar-refractivity contribution in [2.75, 3.05) is 0 Å². The molecule has 1 saturated carbocycles. The molecule has 1 unspecified atom stereocenters. The molecule has 0 saturated heterocycles. The Kier molecular flexibility index (Phi) is 5.32. The summed E-state index contributed by atoms with van der Waals surface area (Å²) >= 11 is 0. The average molecular weight is 270 g/mol. The van der Waals surface area contributed by atoms with Crippen LogP contribution in [0, 0.1) is 5.41 Å². The number of nitrogens with one attached hydrogen (secondary N) is 2. The summed E-state index contributed by atoms with van der Waals surface area (Å²) in [5, 5.41) is 13.4. The Balaban J connectivity index is 2.38. The molecule has 0 aliphatic heterocycles. The molecule has 6 nitrogen and oxygen atoms in total. The van der Waals surface area contributed by atoms with E-state index in [0.29, 0.717) is 0 Å². The van der Waals surface area contributed by atoms with Gasteiger partial charge in [0.25, 0.3) is 0 Å². The summed E-state index contributed by atoms with van der Waals surface area (Å²) in [4.78, 5) is 33.3. The normalized spacial score (nSPS) is 21.5. The first-order chi connectivity index (χ1) is 8.81. The lowest BCUT2D eigenvalue weighted by Gasteiger charge is -2.38. The fourth-order valence-corrected chi connectivity index (χ4v) is 2.37. The average Bonchev–Trinajstić information content (AvgIpc) is 2.29. The van der Waals surface area contributed by atoms with E-state index in [0.717, 1.165) is 25.7 Å². The topological polar surface area (TPSA) is 95.5 Å². The summed E-state index contributed by atoms with van der Waals surface area (Å²) in [6.45, 7) is 4.20. The Morgan fingerprint density at radius 1 is 1.21 bits per heavy atom. The summed E-state index contributed by atoms with van der Waals surface area (Å²) in [6.07, 6.45) is 3.73. The smallest absolute Gasteiger partial charge is 0.321 e. The van der Waals surface area contributed by atoms with Gasteiger partial charge >= 0.3 is 12.0 Å². The fourth-order valence-electron chi connectivity index (χ4n) is 2.37. The van der Waals surface area contributed by atoms with Gasteiger partial charge in [0.05, 0.1) is 6.42 Å². The first-order valence-corrected chi connectivity index (χ1v) is 6.63. The van der Waals surface area contributed by atoms with Crippen LogP contribution in [0.4, 0.5) is 4.79 Å². The Morgan fingerprint density at radius 2 is 1.89 bits per heavy atom. The third kappa shape index (κ3) is 5.28. The van der Waals surface area contributed by atoms with Gasteiger partial charge in [-0.3, -0.25) is 14.9 Å². The monoisotopic (exact) mass is 270 g/mol. The van der Waals surface area contributed by atoms with Crippen LogP contribution in [0.15, 0.2) is 0 Å². The molecule has 108 valence electrons. The van der Waals surface area contributed by atoms with Gasteiger partial charge in [0.2, 0.25) is 5.91 Å². The molecule has 6 heteroatoms. The Labute approximate surface area is 112 Å². The minimum atomic E-state index is -1.05. The zero-order chi connectivity index (χ0) is 14.5. The summed E-state index contributed by atoms with van der Waals surface area (Å²) in [7, 11) is 0. The molecule has 3 amide bonds. The van der Waals surface area contributed by atoms with Crippen molar-refractivity contribution < 1.29 is 19.5 Å². The second-order valence-electron chi connectivity index (χ2n) is 5.70. The summed E-state index contributed by atoms with van der Waals surface area (Å²) in [6, 6.07) is -0.483. The van der Waals surface area contributed by atoms with Gasteiger partial charge in [-0.1, -0.05) is 26.7 Å². The number of aliphatic carboxylic acids is 1. The quantitative estimate of drug-likeness (QED) is 0.723. The lowest BCUT2D eigenvalue weighted by Crippen LogP contribution is -2.51. The second-order valence-corrected chi connectivity index (χ2v) is 5.70. The summed E-state index contributed by atoms with van der Waals surface area (Å²) < 4.78 is 0. The third-order valence-corrected chi connectivity index (χ3v) is 3.63. The number of hydrogen-bond donors (Lipinski definition) is 3. The van der Waals surface area contributed by atoms with Gasteiger partial charge in [-0.25, -0.2) is 4.79 Å². The van der Waals surface area contributed by atoms with Crippen LogP contribution in [0.1, 0.15) is 52.4 Å². The number of carboxylic acid groups (broad SMARTS) is 1. The highest BCUT2D eigenvalue weighted by Gasteiger charge is 2.33. The number of rotatable bonds is 4. The molecule has 1 rings (SSSR count). The van der Waals surface area contributed by atoms with Crippen molar-refractivity contribution in [3.05, 3.63) is 0 Å². The minimum Gasteiger partial charge on any atom is -0.481 e. The van der Waals surface area contributed by atoms with Crippen LogP contribution >= 0.6 is 0 Å². The maximum atomic E-state index is 11.7. The minimum absolute atomic E-state index is 0.0275. The van der Waals surface area contributed by atoms with Gasteiger partial charge in [0.15, 0.2) is 0 Å². The van der Waals surface area contributed by atoms with Gasteiger partial charge in [-0.05, 0) is 18.3 Å². The Bertz CT molecular complexity index is 366. The zero-order valence-electron chi connectivity index (χ0n) is 11.5. The van der Waals surface area contributed by atoms with Crippen molar-refractivity contribution in [2.45, 2.75) is 58.4 Å². The van der Waals surface area contributed by atoms with Crippen molar-refractivity contribution in [1.29, 1.82) is 0 Å². The highest BCUT2D eigenvalue weighted by Crippen LogP contribution is 2.35. The van der Waals surface area contributed by atoms with Crippen LogP contribution in [0.25, 0.3) is 0 Å². The number of carbonyl (C=O) groups is 3. The van der Waals surface area contributed by atoms with Crippen LogP contribution in [0.3, 0.4) is 0 Å². The van der Waals surface area contributed by atoms with Crippen LogP contribution in [-0.4, -0.2) is 29.1 Å². The van der Waals surface area contributed by atoms with E-state index < -0.39 is 17.9 Å². The van der Waals surface area contributed by atoms with Crippen molar-refractivity contribution in [3.63, 3.8) is 0 Å². The summed E-state index contributed by atoms with van der Waals surface area (Å²) in [5.74, 6) is -1.61. The molecular weight excluding hydrogens is 248 g/mol. The number of amides is 3. The number of imide groups is 1. The van der Waals surface area contributed by atoms with Crippen molar-refractivity contribution >= 4 is 17.9 Å². The number of carboxylic acids is 1. The number of carbonyl (C=O) groups excluding carboxylic acids is 2. The molecule has 1 fully saturated rings. The predicted molar refractivity (Wildman–Crippen MR) is 69.6 cm³/mol. The molecule has 1 aliphatic carbocycles. The number of hydrogen-bond acceptors (Lipinski definition) is 3. The molecule has 1 aliphatic rings. The SMILES string of the molecule is CC1(C)CCCCC1NC(=O)NC(=O)CCC(=O)O. The first kappa shape index (κ1) is 15.5. The maximum Gasteiger partial charge on any atom is 0.321 e. The third-order valence-electron chi connectivity index (χ3n) is 3.63. The Morgan fingerprint density at radius 3 is 2.47 bits per heavy atom. The van der Waals surface area contributed by atoms with Crippen molar-refractivity contribution in [2.24, 2.45) is 5.41 Å². The van der Waals surface area contributed by atoms with Crippen LogP contribution in [0.5, 0.6) is 0 Å². The highest BCUT2D eigenvalue weighted by molar-refractivity contribution is 5.95. The molecule has 0 radical (unpaired) electrons. The molecule has 0 spiro atoms. The standard InChI is InChI=1S/C13H22N2O4/c1-13(2)8-4-3-5-9(13)14-12(19)15-10(16)6-7-11(17)18/h9H,3-8H2,1-2H3,(H,17,18)(H2,14,15,16,19). The van der Waals surface area contributed by atoms with Gasteiger partial charge in [0.1, 0.15) is 0 Å². The van der Waals surface area contributed by atoms with E-state index in [2.05, 4.69) is 24.5 Å². The van der Waals surface area contributed by atoms with Crippen LogP contribution in [0.2, 0.25) is 0 Å². The largest absolute Gasteiger partial charge is 0.481 e. The van der Waals surface area contributed by atoms with Crippen molar-refractivity contribution in [1.82, 2.24) is 10.6 Å². The zero-order valence-corrected chi connectivity index (χ0v) is 11.5. The van der Waals surface area contributed by atoms with Gasteiger partial charge in [0, 0.05) is 12.5 Å². The fraction of sp³-hybridized carbons (Fsp3) is 0.769. The van der Waals surface area contributed by atoms with E-state index in [1.807, 2.05) is 0 Å². The van der Waals surface area contributed by atoms with E-state index >= 15 is 0 Å². The molecule has 3 N–H and O–H groups in total. The van der Waals surface area contributed by atoms with Gasteiger partial charge in [-0.15, -0.1) is 0 Å². The van der Waals surface area contributed by atoms with E-state index in [9.17, 15) is 14.4 Å². The molecule has 0 aromatic carbocycles. The van der Waals surface area contributed by atoms with Gasteiger partial charge in [-0.2, -0.15) is 0 Å². The molecule has 19 heavy (non-hydrogen) atoms. The lowest BCUT2D eigenvalue weighted by atomic mass is 9.73. The van der Waals surface area contributed by atoms with E-state index in [-0.39, 0.29) is 24.3 Å². The molecule has 0 aromatic heterocycles. The maximum absolute atomic E-state index is 11.7. The molecular formula is C13H22N2O4. The lowest BCUT2D eigenvalue weighted by molar-refractivity contribution is -0.138. The summed E-state index contributed by atoms with van der Waals surface area (Å²) in [5.41, 5.74) is 0.0275. The van der Waals surface area contributed by atoms with Crippen LogP contribution in [-0.2, 0) is 9.59 Å². The highest BCUT2D eigenvalue weighted by atomic mass is 16.4. The van der Waals surface area contributed by atoms with Crippen LogP contribution < -0.4 is 10.6 Å². The second kappa shape index (κ2) is 6.54. The predicted octanol–water partition coefficient (Wildman–Crippen LogP) is 1.65. The van der Waals surface area contributed by atoms with Gasteiger partial charge < -0.3 is 10.4 Å². The van der Waals surface area contributed by atoms with E-state index in [1.54, 1.807) is 0 Å². The van der Waals surface area contributed by atoms with E-state index in [1.165, 1.54) is 0 Å². The molecule has 0 aromatic rings. The molecule has 0 bridgehead atoms. The Hall–Kier alpha value is -1.59.